The van der Waals surface area contributed by atoms with Gasteiger partial charge in [-0.1, -0.05) is 32.6 Å². The Morgan fingerprint density at radius 2 is 1.41 bits per heavy atom. The largest absolute Gasteiger partial charge is 0.379 e. The van der Waals surface area contributed by atoms with E-state index in [4.69, 9.17) is 23.7 Å². The normalized spacial score (nSPS) is 12.3. The van der Waals surface area contributed by atoms with Crippen LogP contribution in [0, 0.1) is 0 Å². The van der Waals surface area contributed by atoms with Crippen molar-refractivity contribution in [2.45, 2.75) is 59.0 Å². The average Bonchev–Trinajstić information content (AvgIpc) is 2.67. The first-order valence-corrected chi connectivity index (χ1v) is 10.4. The van der Waals surface area contributed by atoms with Crippen LogP contribution in [0.5, 0.6) is 0 Å². The minimum atomic E-state index is -0.0977. The molecule has 1 atom stereocenters. The van der Waals surface area contributed by atoms with Crippen molar-refractivity contribution in [3.8, 4) is 0 Å². The lowest BCUT2D eigenvalue weighted by molar-refractivity contribution is -0.127. The minimum Gasteiger partial charge on any atom is -0.379 e. The molecule has 7 nitrogen and oxygen atoms in total. The van der Waals surface area contributed by atoms with E-state index in [0.29, 0.717) is 59.4 Å². The smallest absolute Gasteiger partial charge is 0.246 e. The van der Waals surface area contributed by atoms with Crippen LogP contribution in [0.2, 0.25) is 0 Å². The number of carbonyl (C=O) groups excluding carboxylic acids is 1. The van der Waals surface area contributed by atoms with E-state index in [1.807, 2.05) is 13.8 Å². The van der Waals surface area contributed by atoms with Crippen molar-refractivity contribution >= 4 is 5.91 Å². The Kier molecular flexibility index (Phi) is 21.0. The number of carbonyl (C=O) groups is 1. The van der Waals surface area contributed by atoms with E-state index >= 15 is 0 Å². The highest BCUT2D eigenvalue weighted by atomic mass is 16.6. The van der Waals surface area contributed by atoms with Gasteiger partial charge in [0.1, 0.15) is 6.61 Å². The molecule has 0 rings (SSSR count). The Morgan fingerprint density at radius 3 is 2.00 bits per heavy atom. The number of hydrogen-bond donors (Lipinski definition) is 1. The Balaban J connectivity index is 3.25. The molecule has 0 bridgehead atoms. The third-order valence-corrected chi connectivity index (χ3v) is 3.85. The van der Waals surface area contributed by atoms with E-state index in [9.17, 15) is 4.79 Å². The van der Waals surface area contributed by atoms with Gasteiger partial charge < -0.3 is 29.0 Å². The molecule has 0 aliphatic heterocycles. The number of ether oxygens (including phenoxy) is 5. The maximum atomic E-state index is 11.7. The number of hydrogen-bond acceptors (Lipinski definition) is 6. The van der Waals surface area contributed by atoms with E-state index in [0.717, 1.165) is 12.8 Å². The molecule has 1 N–H and O–H groups in total. The van der Waals surface area contributed by atoms with Gasteiger partial charge in [0.2, 0.25) is 5.91 Å². The maximum absolute atomic E-state index is 11.7. The fourth-order valence-electron chi connectivity index (χ4n) is 2.28. The van der Waals surface area contributed by atoms with Crippen LogP contribution in [0.1, 0.15) is 52.9 Å². The molecule has 0 fully saturated rings. The second-order valence-corrected chi connectivity index (χ2v) is 6.35. The van der Waals surface area contributed by atoms with Crippen LogP contribution in [0.15, 0.2) is 0 Å². The van der Waals surface area contributed by atoms with Crippen molar-refractivity contribution in [1.29, 1.82) is 0 Å². The molecule has 0 aliphatic carbocycles. The highest BCUT2D eigenvalue weighted by Crippen LogP contribution is 2.07. The number of rotatable bonds is 21. The molecule has 0 spiro atoms. The standard InChI is InChI=1S/C20H41NO6/c1-4-6-7-8-9-19(3)27-18-20(22)21-10-11-24-14-15-26-17-16-25-13-12-23-5-2/h19H,4-18H2,1-3H3,(H,21,22). The third-order valence-electron chi connectivity index (χ3n) is 3.85. The minimum absolute atomic E-state index is 0.0977. The SMILES string of the molecule is CCCCCCC(C)OCC(=O)NCCOCCOCCOCCOCC. The Bertz CT molecular complexity index is 317. The number of amides is 1. The van der Waals surface area contributed by atoms with Crippen molar-refractivity contribution in [2.75, 3.05) is 66.0 Å². The van der Waals surface area contributed by atoms with Crippen LogP contribution in [-0.2, 0) is 28.5 Å². The molecule has 0 aromatic carbocycles. The van der Waals surface area contributed by atoms with Gasteiger partial charge in [0.05, 0.1) is 52.4 Å². The van der Waals surface area contributed by atoms with Gasteiger partial charge in [-0.2, -0.15) is 0 Å². The summed E-state index contributed by atoms with van der Waals surface area (Å²) in [6, 6.07) is 0. The van der Waals surface area contributed by atoms with Crippen molar-refractivity contribution in [3.05, 3.63) is 0 Å². The molecule has 0 radical (unpaired) electrons. The molecule has 27 heavy (non-hydrogen) atoms. The summed E-state index contributed by atoms with van der Waals surface area (Å²) in [7, 11) is 0. The summed E-state index contributed by atoms with van der Waals surface area (Å²) in [4.78, 5) is 11.7. The topological polar surface area (TPSA) is 75.3 Å². The van der Waals surface area contributed by atoms with E-state index in [2.05, 4.69) is 12.2 Å². The van der Waals surface area contributed by atoms with Crippen LogP contribution >= 0.6 is 0 Å². The van der Waals surface area contributed by atoms with Crippen LogP contribution in [-0.4, -0.2) is 78.0 Å². The highest BCUT2D eigenvalue weighted by Gasteiger charge is 2.06. The zero-order chi connectivity index (χ0) is 20.0. The van der Waals surface area contributed by atoms with Crippen LogP contribution in [0.3, 0.4) is 0 Å². The van der Waals surface area contributed by atoms with Crippen LogP contribution < -0.4 is 5.32 Å². The Hall–Kier alpha value is -0.730. The predicted molar refractivity (Wildman–Crippen MR) is 106 cm³/mol. The first-order valence-electron chi connectivity index (χ1n) is 10.4. The maximum Gasteiger partial charge on any atom is 0.246 e. The fourth-order valence-corrected chi connectivity index (χ4v) is 2.28. The van der Waals surface area contributed by atoms with Crippen molar-refractivity contribution in [2.24, 2.45) is 0 Å². The molecular weight excluding hydrogens is 350 g/mol. The van der Waals surface area contributed by atoms with Gasteiger partial charge in [0.25, 0.3) is 0 Å². The van der Waals surface area contributed by atoms with E-state index in [1.165, 1.54) is 19.3 Å². The van der Waals surface area contributed by atoms with Gasteiger partial charge in [0.15, 0.2) is 0 Å². The van der Waals surface area contributed by atoms with Gasteiger partial charge in [0, 0.05) is 13.2 Å². The monoisotopic (exact) mass is 391 g/mol. The van der Waals surface area contributed by atoms with Crippen molar-refractivity contribution < 1.29 is 28.5 Å². The molecule has 162 valence electrons. The van der Waals surface area contributed by atoms with Gasteiger partial charge in [-0.3, -0.25) is 4.79 Å². The molecule has 1 unspecified atom stereocenters. The zero-order valence-corrected chi connectivity index (χ0v) is 17.6. The summed E-state index contributed by atoms with van der Waals surface area (Å²) in [5.74, 6) is -0.0977. The highest BCUT2D eigenvalue weighted by molar-refractivity contribution is 5.77. The van der Waals surface area contributed by atoms with Gasteiger partial charge in [-0.25, -0.2) is 0 Å². The van der Waals surface area contributed by atoms with Crippen molar-refractivity contribution in [1.82, 2.24) is 5.32 Å². The van der Waals surface area contributed by atoms with E-state index in [1.54, 1.807) is 0 Å². The summed E-state index contributed by atoms with van der Waals surface area (Å²) in [5.41, 5.74) is 0. The van der Waals surface area contributed by atoms with Gasteiger partial charge in [-0.05, 0) is 20.3 Å². The molecule has 0 saturated heterocycles. The van der Waals surface area contributed by atoms with Crippen LogP contribution in [0.25, 0.3) is 0 Å². The fraction of sp³-hybridized carbons (Fsp3) is 0.950. The second-order valence-electron chi connectivity index (χ2n) is 6.35. The molecule has 0 saturated carbocycles. The molecule has 0 aromatic rings. The van der Waals surface area contributed by atoms with Gasteiger partial charge in [-0.15, -0.1) is 0 Å². The summed E-state index contributed by atoms with van der Waals surface area (Å²) in [6.45, 7) is 11.3. The Morgan fingerprint density at radius 1 is 0.815 bits per heavy atom. The molecule has 1 amide bonds. The lowest BCUT2D eigenvalue weighted by Gasteiger charge is -2.13. The lowest BCUT2D eigenvalue weighted by atomic mass is 10.1. The quantitative estimate of drug-likeness (QED) is 0.303. The molecule has 0 heterocycles. The first-order chi connectivity index (χ1) is 13.2. The second kappa shape index (κ2) is 21.6. The summed E-state index contributed by atoms with van der Waals surface area (Å²) in [5, 5.41) is 2.79. The Labute approximate surface area is 165 Å². The molecule has 0 aliphatic rings. The van der Waals surface area contributed by atoms with E-state index < -0.39 is 0 Å². The molecule has 0 aromatic heterocycles. The summed E-state index contributed by atoms with van der Waals surface area (Å²) in [6.07, 6.45) is 6.03. The number of nitrogens with one attached hydrogen (secondary N) is 1. The van der Waals surface area contributed by atoms with Crippen molar-refractivity contribution in [3.63, 3.8) is 0 Å². The summed E-state index contributed by atoms with van der Waals surface area (Å²) < 4.78 is 26.8. The van der Waals surface area contributed by atoms with Gasteiger partial charge >= 0.3 is 0 Å². The molecular formula is C20H41NO6. The van der Waals surface area contributed by atoms with E-state index in [-0.39, 0.29) is 18.6 Å². The number of unbranched alkanes of at least 4 members (excludes halogenated alkanes) is 3. The average molecular weight is 392 g/mol. The lowest BCUT2D eigenvalue weighted by Crippen LogP contribution is -2.32. The third kappa shape index (κ3) is 21.4. The molecule has 7 heteroatoms. The first kappa shape index (κ1) is 26.3. The van der Waals surface area contributed by atoms with Crippen LogP contribution in [0.4, 0.5) is 0 Å². The predicted octanol–water partition coefficient (Wildman–Crippen LogP) is 2.56. The summed E-state index contributed by atoms with van der Waals surface area (Å²) >= 11 is 0. The zero-order valence-electron chi connectivity index (χ0n) is 17.6.